The summed E-state index contributed by atoms with van der Waals surface area (Å²) in [6.45, 7) is 4.60. The standard InChI is InChI=1S/C15H21BrN2/c1-11-8-12(16)2-3-14(11)18-13-9-15(10-13)4-6-17-7-5-15/h2-3,8,13,17-18H,4-7,9-10H2,1H3. The van der Waals surface area contributed by atoms with Gasteiger partial charge in [0.25, 0.3) is 0 Å². The number of aryl methyl sites for hydroxylation is 1. The third kappa shape index (κ3) is 2.43. The van der Waals surface area contributed by atoms with Crippen LogP contribution in [0.1, 0.15) is 31.2 Å². The van der Waals surface area contributed by atoms with Gasteiger partial charge in [-0.1, -0.05) is 15.9 Å². The number of hydrogen-bond donors (Lipinski definition) is 2. The maximum atomic E-state index is 3.70. The topological polar surface area (TPSA) is 24.1 Å². The van der Waals surface area contributed by atoms with Gasteiger partial charge in [0.15, 0.2) is 0 Å². The minimum absolute atomic E-state index is 0.659. The van der Waals surface area contributed by atoms with E-state index >= 15 is 0 Å². The Balaban J connectivity index is 1.59. The molecule has 98 valence electrons. The number of hydrogen-bond acceptors (Lipinski definition) is 2. The first-order valence-electron chi connectivity index (χ1n) is 6.90. The van der Waals surface area contributed by atoms with Crippen molar-refractivity contribution in [2.24, 2.45) is 5.41 Å². The zero-order chi connectivity index (χ0) is 12.6. The minimum Gasteiger partial charge on any atom is -0.382 e. The lowest BCUT2D eigenvalue weighted by molar-refractivity contribution is 0.0718. The van der Waals surface area contributed by atoms with Gasteiger partial charge in [0, 0.05) is 16.2 Å². The van der Waals surface area contributed by atoms with E-state index in [0.717, 1.165) is 4.47 Å². The summed E-state index contributed by atoms with van der Waals surface area (Å²) in [6, 6.07) is 7.17. The minimum atomic E-state index is 0.659. The molecule has 0 aromatic heterocycles. The lowest BCUT2D eigenvalue weighted by atomic mass is 9.60. The molecule has 1 saturated carbocycles. The molecule has 2 aliphatic rings. The van der Waals surface area contributed by atoms with Gasteiger partial charge in [0.05, 0.1) is 0 Å². The van der Waals surface area contributed by atoms with Crippen LogP contribution in [0.25, 0.3) is 0 Å². The maximum absolute atomic E-state index is 3.70. The van der Waals surface area contributed by atoms with Crippen molar-refractivity contribution < 1.29 is 0 Å². The Hall–Kier alpha value is -0.540. The van der Waals surface area contributed by atoms with E-state index in [9.17, 15) is 0 Å². The van der Waals surface area contributed by atoms with Crippen molar-refractivity contribution in [3.8, 4) is 0 Å². The van der Waals surface area contributed by atoms with Gasteiger partial charge in [-0.05, 0) is 74.9 Å². The van der Waals surface area contributed by atoms with Gasteiger partial charge in [-0.25, -0.2) is 0 Å². The van der Waals surface area contributed by atoms with E-state index in [1.54, 1.807) is 0 Å². The average molecular weight is 309 g/mol. The summed E-state index contributed by atoms with van der Waals surface area (Å²) in [5, 5.41) is 7.17. The summed E-state index contributed by atoms with van der Waals surface area (Å²) < 4.78 is 1.16. The molecule has 18 heavy (non-hydrogen) atoms. The first kappa shape index (κ1) is 12.5. The largest absolute Gasteiger partial charge is 0.382 e. The molecule has 0 unspecified atom stereocenters. The summed E-state index contributed by atoms with van der Waals surface area (Å²) in [7, 11) is 0. The van der Waals surface area contributed by atoms with Crippen molar-refractivity contribution >= 4 is 21.6 Å². The number of halogens is 1. The zero-order valence-electron chi connectivity index (χ0n) is 10.9. The predicted molar refractivity (Wildman–Crippen MR) is 80.1 cm³/mol. The van der Waals surface area contributed by atoms with Gasteiger partial charge >= 0.3 is 0 Å². The fraction of sp³-hybridized carbons (Fsp3) is 0.600. The van der Waals surface area contributed by atoms with Crippen molar-refractivity contribution in [3.63, 3.8) is 0 Å². The Bertz CT molecular complexity index is 430. The normalized spacial score (nSPS) is 22.8. The molecule has 0 atom stereocenters. The van der Waals surface area contributed by atoms with E-state index in [4.69, 9.17) is 0 Å². The number of piperidine rings is 1. The Morgan fingerprint density at radius 2 is 2.00 bits per heavy atom. The molecule has 2 nitrogen and oxygen atoms in total. The van der Waals surface area contributed by atoms with E-state index < -0.39 is 0 Å². The molecule has 2 fully saturated rings. The highest BCUT2D eigenvalue weighted by molar-refractivity contribution is 9.10. The maximum Gasteiger partial charge on any atom is 0.0372 e. The molecule has 1 spiro atoms. The first-order chi connectivity index (χ1) is 8.67. The van der Waals surface area contributed by atoms with Crippen LogP contribution in [0, 0.1) is 12.3 Å². The van der Waals surface area contributed by atoms with Crippen LogP contribution in [-0.4, -0.2) is 19.1 Å². The fourth-order valence-corrected chi connectivity index (χ4v) is 3.94. The average Bonchev–Trinajstić information content (AvgIpc) is 2.32. The monoisotopic (exact) mass is 308 g/mol. The molecular formula is C15H21BrN2. The summed E-state index contributed by atoms with van der Waals surface area (Å²) in [4.78, 5) is 0. The van der Waals surface area contributed by atoms with Gasteiger partial charge in [-0.3, -0.25) is 0 Å². The van der Waals surface area contributed by atoms with Crippen LogP contribution >= 0.6 is 15.9 Å². The summed E-state index contributed by atoms with van der Waals surface area (Å²) in [6.07, 6.45) is 5.43. The molecule has 1 aromatic carbocycles. The van der Waals surface area contributed by atoms with Crippen molar-refractivity contribution in [2.45, 2.75) is 38.6 Å². The molecule has 0 bridgehead atoms. The molecule has 1 aliphatic carbocycles. The lowest BCUT2D eigenvalue weighted by Crippen LogP contribution is -2.50. The zero-order valence-corrected chi connectivity index (χ0v) is 12.5. The highest BCUT2D eigenvalue weighted by Crippen LogP contribution is 2.48. The summed E-state index contributed by atoms with van der Waals surface area (Å²) >= 11 is 3.52. The Morgan fingerprint density at radius 1 is 1.28 bits per heavy atom. The molecule has 1 aromatic rings. The van der Waals surface area contributed by atoms with Crippen LogP contribution in [-0.2, 0) is 0 Å². The Kier molecular flexibility index (Phi) is 3.37. The molecule has 1 aliphatic heterocycles. The van der Waals surface area contributed by atoms with Crippen molar-refractivity contribution in [1.29, 1.82) is 0 Å². The van der Waals surface area contributed by atoms with Crippen molar-refractivity contribution in [2.75, 3.05) is 18.4 Å². The van der Waals surface area contributed by atoms with Crippen LogP contribution in [0.4, 0.5) is 5.69 Å². The molecule has 0 amide bonds. The van der Waals surface area contributed by atoms with Crippen molar-refractivity contribution in [1.82, 2.24) is 5.32 Å². The third-order valence-corrected chi connectivity index (χ3v) is 5.06. The molecule has 1 saturated heterocycles. The number of anilines is 1. The lowest BCUT2D eigenvalue weighted by Gasteiger charge is -2.51. The molecule has 3 heteroatoms. The number of nitrogens with one attached hydrogen (secondary N) is 2. The predicted octanol–water partition coefficient (Wildman–Crippen LogP) is 3.70. The second-order valence-electron chi connectivity index (χ2n) is 5.96. The Labute approximate surface area is 118 Å². The molecule has 0 radical (unpaired) electrons. The van der Waals surface area contributed by atoms with Crippen LogP contribution in [0.2, 0.25) is 0 Å². The highest BCUT2D eigenvalue weighted by atomic mass is 79.9. The number of rotatable bonds is 2. The van der Waals surface area contributed by atoms with Gasteiger partial charge in [0.1, 0.15) is 0 Å². The van der Waals surface area contributed by atoms with E-state index in [2.05, 4.69) is 51.7 Å². The van der Waals surface area contributed by atoms with Crippen LogP contribution in [0.5, 0.6) is 0 Å². The van der Waals surface area contributed by atoms with Crippen molar-refractivity contribution in [3.05, 3.63) is 28.2 Å². The quantitative estimate of drug-likeness (QED) is 0.870. The smallest absolute Gasteiger partial charge is 0.0372 e. The van der Waals surface area contributed by atoms with Crippen LogP contribution in [0.15, 0.2) is 22.7 Å². The summed E-state index contributed by atoms with van der Waals surface area (Å²) in [5.41, 5.74) is 3.29. The first-order valence-corrected chi connectivity index (χ1v) is 7.70. The fourth-order valence-electron chi connectivity index (χ4n) is 3.46. The second kappa shape index (κ2) is 4.86. The highest BCUT2D eigenvalue weighted by Gasteiger charge is 2.44. The Morgan fingerprint density at radius 3 is 2.67 bits per heavy atom. The molecular weight excluding hydrogens is 288 g/mol. The van der Waals surface area contributed by atoms with Gasteiger partial charge < -0.3 is 10.6 Å². The van der Waals surface area contributed by atoms with E-state index in [1.165, 1.54) is 50.0 Å². The second-order valence-corrected chi connectivity index (χ2v) is 6.87. The third-order valence-electron chi connectivity index (χ3n) is 4.57. The van der Waals surface area contributed by atoms with E-state index in [1.807, 2.05) is 0 Å². The summed E-state index contributed by atoms with van der Waals surface area (Å²) in [5.74, 6) is 0. The van der Waals surface area contributed by atoms with Gasteiger partial charge in [0.2, 0.25) is 0 Å². The SMILES string of the molecule is Cc1cc(Br)ccc1NC1CC2(CCNCC2)C1. The van der Waals surface area contributed by atoms with E-state index in [-0.39, 0.29) is 0 Å². The van der Waals surface area contributed by atoms with Gasteiger partial charge in [-0.15, -0.1) is 0 Å². The van der Waals surface area contributed by atoms with E-state index in [0.29, 0.717) is 11.5 Å². The molecule has 1 heterocycles. The molecule has 3 rings (SSSR count). The van der Waals surface area contributed by atoms with Gasteiger partial charge in [-0.2, -0.15) is 0 Å². The van der Waals surface area contributed by atoms with Crippen LogP contribution in [0.3, 0.4) is 0 Å². The van der Waals surface area contributed by atoms with Crippen LogP contribution < -0.4 is 10.6 Å². The molecule has 2 N–H and O–H groups in total. The number of benzene rings is 1.